The summed E-state index contributed by atoms with van der Waals surface area (Å²) in [6, 6.07) is 13.3. The second kappa shape index (κ2) is 9.72. The largest absolute Gasteiger partial charge is 0.353 e. The Bertz CT molecular complexity index is 830. The summed E-state index contributed by atoms with van der Waals surface area (Å²) in [5, 5.41) is 9.25. The third-order valence-corrected chi connectivity index (χ3v) is 7.28. The smallest absolute Gasteiger partial charge is 0.239 e. The van der Waals surface area contributed by atoms with Gasteiger partial charge in [0.05, 0.1) is 19.1 Å². The van der Waals surface area contributed by atoms with Gasteiger partial charge in [0.2, 0.25) is 5.91 Å². The van der Waals surface area contributed by atoms with E-state index < -0.39 is 0 Å². The Balaban J connectivity index is 1.33. The van der Waals surface area contributed by atoms with E-state index in [1.165, 1.54) is 41.7 Å². The van der Waals surface area contributed by atoms with Gasteiger partial charge in [0.1, 0.15) is 0 Å². The van der Waals surface area contributed by atoms with E-state index in [0.29, 0.717) is 11.2 Å². The quantitative estimate of drug-likeness (QED) is 0.664. The van der Waals surface area contributed by atoms with Crippen LogP contribution in [-0.2, 0) is 17.8 Å². The fourth-order valence-corrected chi connectivity index (χ4v) is 5.55. The van der Waals surface area contributed by atoms with Gasteiger partial charge in [-0.25, -0.2) is 0 Å². The number of benzene rings is 1. The predicted octanol–water partition coefficient (Wildman–Crippen LogP) is 4.56. The van der Waals surface area contributed by atoms with E-state index in [1.54, 1.807) is 11.3 Å². The number of thiophene rings is 1. The maximum Gasteiger partial charge on any atom is 0.239 e. The molecule has 1 saturated carbocycles. The summed E-state index contributed by atoms with van der Waals surface area (Å²) in [5.41, 5.74) is 2.62. The molecule has 4 nitrogen and oxygen atoms in total. The molecular formula is C23H29N3OS2. The number of aryl methyl sites for hydroxylation is 1. The van der Waals surface area contributed by atoms with Crippen molar-refractivity contribution in [1.29, 1.82) is 0 Å². The molecule has 1 fully saturated rings. The highest BCUT2D eigenvalue weighted by Crippen LogP contribution is 2.29. The van der Waals surface area contributed by atoms with E-state index in [0.717, 1.165) is 25.8 Å². The number of rotatable bonds is 6. The van der Waals surface area contributed by atoms with Crippen LogP contribution in [0.2, 0.25) is 0 Å². The fraction of sp³-hybridized carbons (Fsp3) is 0.478. The first-order valence-corrected chi connectivity index (χ1v) is 11.9. The summed E-state index contributed by atoms with van der Waals surface area (Å²) in [7, 11) is 0. The predicted molar refractivity (Wildman–Crippen MR) is 123 cm³/mol. The number of fused-ring (bicyclic) bond motifs is 1. The molecule has 1 atom stereocenters. The SMILES string of the molecule is O=C(CNC(=S)N(Cc1cccs1)C1CCCC1)N[C@H]1CCCc2ccccc21. The number of carbonyl (C=O) groups is 1. The second-order valence-electron chi connectivity index (χ2n) is 8.02. The van der Waals surface area contributed by atoms with Gasteiger partial charge in [-0.1, -0.05) is 43.2 Å². The highest BCUT2D eigenvalue weighted by Gasteiger charge is 2.26. The molecule has 0 radical (unpaired) electrons. The van der Waals surface area contributed by atoms with Crippen LogP contribution in [0, 0.1) is 0 Å². The van der Waals surface area contributed by atoms with Crippen LogP contribution in [0.1, 0.15) is 60.6 Å². The molecule has 1 aromatic carbocycles. The minimum Gasteiger partial charge on any atom is -0.353 e. The minimum atomic E-state index is 0.0107. The molecule has 2 aromatic rings. The van der Waals surface area contributed by atoms with Crippen molar-refractivity contribution in [3.8, 4) is 0 Å². The van der Waals surface area contributed by atoms with Crippen LogP contribution in [0.15, 0.2) is 41.8 Å². The third kappa shape index (κ3) is 5.17. The first-order chi connectivity index (χ1) is 14.2. The fourth-order valence-electron chi connectivity index (χ4n) is 4.56. The molecule has 1 amide bonds. The van der Waals surface area contributed by atoms with Gasteiger partial charge in [0.25, 0.3) is 0 Å². The Hall–Kier alpha value is -1.92. The first-order valence-electron chi connectivity index (χ1n) is 10.6. The summed E-state index contributed by atoms with van der Waals surface area (Å²) in [6.45, 7) is 1.05. The summed E-state index contributed by atoms with van der Waals surface area (Å²) in [6.07, 6.45) is 8.09. The van der Waals surface area contributed by atoms with E-state index in [4.69, 9.17) is 12.2 Å². The van der Waals surface area contributed by atoms with E-state index in [-0.39, 0.29) is 18.5 Å². The number of nitrogens with one attached hydrogen (secondary N) is 2. The molecule has 6 heteroatoms. The molecule has 4 rings (SSSR count). The van der Waals surface area contributed by atoms with Gasteiger partial charge in [-0.15, -0.1) is 11.3 Å². The lowest BCUT2D eigenvalue weighted by molar-refractivity contribution is -0.120. The van der Waals surface area contributed by atoms with Crippen molar-refractivity contribution in [2.75, 3.05) is 6.54 Å². The van der Waals surface area contributed by atoms with Gasteiger partial charge in [0.15, 0.2) is 5.11 Å². The van der Waals surface area contributed by atoms with Crippen LogP contribution in [0.4, 0.5) is 0 Å². The molecule has 1 heterocycles. The normalized spacial score (nSPS) is 18.8. The molecule has 0 bridgehead atoms. The number of hydrogen-bond donors (Lipinski definition) is 2. The molecule has 0 unspecified atom stereocenters. The van der Waals surface area contributed by atoms with Crippen molar-refractivity contribution in [3.63, 3.8) is 0 Å². The Morgan fingerprint density at radius 1 is 1.10 bits per heavy atom. The van der Waals surface area contributed by atoms with E-state index in [2.05, 4.69) is 57.3 Å². The van der Waals surface area contributed by atoms with Crippen LogP contribution < -0.4 is 10.6 Å². The summed E-state index contributed by atoms with van der Waals surface area (Å²) < 4.78 is 0. The van der Waals surface area contributed by atoms with Gasteiger partial charge >= 0.3 is 0 Å². The van der Waals surface area contributed by atoms with Crippen molar-refractivity contribution >= 4 is 34.6 Å². The van der Waals surface area contributed by atoms with Crippen LogP contribution in [0.25, 0.3) is 0 Å². The molecule has 2 aliphatic rings. The van der Waals surface area contributed by atoms with Crippen LogP contribution in [-0.4, -0.2) is 28.5 Å². The second-order valence-corrected chi connectivity index (χ2v) is 9.43. The van der Waals surface area contributed by atoms with Crippen LogP contribution in [0.3, 0.4) is 0 Å². The molecular weight excluding hydrogens is 398 g/mol. The van der Waals surface area contributed by atoms with Crippen molar-refractivity contribution in [1.82, 2.24) is 15.5 Å². The lowest BCUT2D eigenvalue weighted by Crippen LogP contribution is -2.47. The number of nitrogens with zero attached hydrogens (tertiary/aromatic N) is 1. The molecule has 0 saturated heterocycles. The molecule has 29 heavy (non-hydrogen) atoms. The average Bonchev–Trinajstić information content (AvgIpc) is 3.44. The molecule has 0 aliphatic heterocycles. The lowest BCUT2D eigenvalue weighted by Gasteiger charge is -2.31. The maximum atomic E-state index is 12.6. The zero-order chi connectivity index (χ0) is 20.1. The van der Waals surface area contributed by atoms with Crippen LogP contribution in [0.5, 0.6) is 0 Å². The molecule has 2 N–H and O–H groups in total. The molecule has 1 aromatic heterocycles. The molecule has 0 spiro atoms. The average molecular weight is 428 g/mol. The standard InChI is InChI=1S/C23H29N3OS2/c27-22(25-21-13-5-8-17-7-1-4-12-20(17)21)15-24-23(28)26(18-9-2-3-10-18)16-19-11-6-14-29-19/h1,4,6-7,11-12,14,18,21H,2-3,5,8-10,13,15-16H2,(H,24,28)(H,25,27)/t21-/m0/s1. The van der Waals surface area contributed by atoms with Gasteiger partial charge in [-0.2, -0.15) is 0 Å². The van der Waals surface area contributed by atoms with E-state index in [1.807, 2.05) is 0 Å². The van der Waals surface area contributed by atoms with Gasteiger partial charge in [-0.3, -0.25) is 4.79 Å². The van der Waals surface area contributed by atoms with Gasteiger partial charge in [-0.05, 0) is 66.9 Å². The number of thiocarbonyl (C=S) groups is 1. The van der Waals surface area contributed by atoms with E-state index >= 15 is 0 Å². The summed E-state index contributed by atoms with van der Waals surface area (Å²) >= 11 is 7.47. The highest BCUT2D eigenvalue weighted by molar-refractivity contribution is 7.80. The monoisotopic (exact) mass is 427 g/mol. The lowest BCUT2D eigenvalue weighted by atomic mass is 9.88. The summed E-state index contributed by atoms with van der Waals surface area (Å²) in [5.74, 6) is 0.0107. The number of hydrogen-bond acceptors (Lipinski definition) is 3. The zero-order valence-electron chi connectivity index (χ0n) is 16.7. The minimum absolute atomic E-state index is 0.0107. The van der Waals surface area contributed by atoms with Gasteiger partial charge < -0.3 is 15.5 Å². The van der Waals surface area contributed by atoms with Crippen molar-refractivity contribution in [2.24, 2.45) is 0 Å². The van der Waals surface area contributed by atoms with Crippen LogP contribution >= 0.6 is 23.6 Å². The Labute approximate surface area is 182 Å². The van der Waals surface area contributed by atoms with Crippen molar-refractivity contribution < 1.29 is 4.79 Å². The number of amides is 1. The van der Waals surface area contributed by atoms with Crippen molar-refractivity contribution in [2.45, 2.75) is 63.6 Å². The van der Waals surface area contributed by atoms with Gasteiger partial charge in [0, 0.05) is 10.9 Å². The highest BCUT2D eigenvalue weighted by atomic mass is 32.1. The molecule has 154 valence electrons. The Morgan fingerprint density at radius 3 is 2.72 bits per heavy atom. The number of carbonyl (C=O) groups excluding carboxylic acids is 1. The first kappa shape index (κ1) is 20.4. The Morgan fingerprint density at radius 2 is 1.93 bits per heavy atom. The topological polar surface area (TPSA) is 44.4 Å². The third-order valence-electron chi connectivity index (χ3n) is 6.04. The maximum absolute atomic E-state index is 12.6. The Kier molecular flexibility index (Phi) is 6.82. The molecule has 2 aliphatic carbocycles. The zero-order valence-corrected chi connectivity index (χ0v) is 18.4. The summed E-state index contributed by atoms with van der Waals surface area (Å²) in [4.78, 5) is 16.2. The van der Waals surface area contributed by atoms with E-state index in [9.17, 15) is 4.79 Å². The van der Waals surface area contributed by atoms with Crippen molar-refractivity contribution in [3.05, 3.63) is 57.8 Å².